The van der Waals surface area contributed by atoms with E-state index >= 15 is 0 Å². The Bertz CT molecular complexity index is 663. The number of pyridine rings is 1. The quantitative estimate of drug-likeness (QED) is 0.772. The summed E-state index contributed by atoms with van der Waals surface area (Å²) in [6.07, 6.45) is 2.86. The zero-order chi connectivity index (χ0) is 12.9. The van der Waals surface area contributed by atoms with E-state index < -0.39 is 0 Å². The van der Waals surface area contributed by atoms with E-state index in [0.717, 1.165) is 18.8 Å². The maximum atomic E-state index is 4.43. The molecule has 2 aromatic carbocycles. The summed E-state index contributed by atoms with van der Waals surface area (Å²) >= 11 is 0. The van der Waals surface area contributed by atoms with Crippen molar-refractivity contribution in [1.82, 2.24) is 4.98 Å². The van der Waals surface area contributed by atoms with Crippen LogP contribution in [0.3, 0.4) is 0 Å². The molecular formula is C17H17ClN2. The highest BCUT2D eigenvalue weighted by Gasteiger charge is 2.00. The highest BCUT2D eigenvalue weighted by Crippen LogP contribution is 2.20. The zero-order valence-electron chi connectivity index (χ0n) is 11.1. The second kappa shape index (κ2) is 6.92. The minimum Gasteiger partial charge on any atom is -0.369 e. The summed E-state index contributed by atoms with van der Waals surface area (Å²) in [6, 6.07) is 20.9. The Morgan fingerprint density at radius 2 is 1.60 bits per heavy atom. The SMILES string of the molecule is Cl.c1ccc(CCNc2nccc3ccccc23)cc1. The van der Waals surface area contributed by atoms with Crippen LogP contribution in [-0.2, 0) is 6.42 Å². The summed E-state index contributed by atoms with van der Waals surface area (Å²) < 4.78 is 0. The van der Waals surface area contributed by atoms with Gasteiger partial charge in [0.25, 0.3) is 0 Å². The molecule has 0 amide bonds. The van der Waals surface area contributed by atoms with Crippen molar-refractivity contribution in [2.75, 3.05) is 11.9 Å². The first kappa shape index (κ1) is 14.4. The van der Waals surface area contributed by atoms with Gasteiger partial charge in [0.1, 0.15) is 5.82 Å². The summed E-state index contributed by atoms with van der Waals surface area (Å²) in [7, 11) is 0. The molecule has 1 heterocycles. The second-order valence-corrected chi connectivity index (χ2v) is 4.54. The lowest BCUT2D eigenvalue weighted by molar-refractivity contribution is 1.01. The molecule has 0 saturated carbocycles. The number of halogens is 1. The number of nitrogens with one attached hydrogen (secondary N) is 1. The smallest absolute Gasteiger partial charge is 0.133 e. The third kappa shape index (κ3) is 3.28. The molecule has 1 aromatic heterocycles. The van der Waals surface area contributed by atoms with E-state index in [0.29, 0.717) is 0 Å². The van der Waals surface area contributed by atoms with Crippen LogP contribution in [0.25, 0.3) is 10.8 Å². The van der Waals surface area contributed by atoms with Gasteiger partial charge < -0.3 is 5.32 Å². The van der Waals surface area contributed by atoms with Gasteiger partial charge in [0, 0.05) is 18.1 Å². The van der Waals surface area contributed by atoms with E-state index in [4.69, 9.17) is 0 Å². The largest absolute Gasteiger partial charge is 0.369 e. The third-order valence-electron chi connectivity index (χ3n) is 3.22. The summed E-state index contributed by atoms with van der Waals surface area (Å²) in [5.41, 5.74) is 1.34. The summed E-state index contributed by atoms with van der Waals surface area (Å²) in [6.45, 7) is 0.894. The van der Waals surface area contributed by atoms with Crippen molar-refractivity contribution in [3.63, 3.8) is 0 Å². The Labute approximate surface area is 125 Å². The van der Waals surface area contributed by atoms with Crippen LogP contribution in [0.1, 0.15) is 5.56 Å². The van der Waals surface area contributed by atoms with Crippen molar-refractivity contribution in [3.05, 3.63) is 72.4 Å². The standard InChI is InChI=1S/C17H16N2.ClH/c1-2-6-14(7-3-1)10-12-18-17-16-9-5-4-8-15(16)11-13-19-17;/h1-9,11,13H,10,12H2,(H,18,19);1H. The predicted octanol–water partition coefficient (Wildman–Crippen LogP) is 4.31. The van der Waals surface area contributed by atoms with Crippen LogP contribution in [0.2, 0.25) is 0 Å². The van der Waals surface area contributed by atoms with Gasteiger partial charge in [-0.3, -0.25) is 0 Å². The molecule has 3 aromatic rings. The molecular weight excluding hydrogens is 268 g/mol. The molecule has 0 spiro atoms. The molecule has 0 radical (unpaired) electrons. The van der Waals surface area contributed by atoms with Crippen molar-refractivity contribution in [1.29, 1.82) is 0 Å². The van der Waals surface area contributed by atoms with Gasteiger partial charge in [-0.25, -0.2) is 4.98 Å². The van der Waals surface area contributed by atoms with Gasteiger partial charge in [-0.05, 0) is 23.4 Å². The number of aromatic nitrogens is 1. The molecule has 20 heavy (non-hydrogen) atoms. The van der Waals surface area contributed by atoms with Crippen LogP contribution in [0.5, 0.6) is 0 Å². The zero-order valence-corrected chi connectivity index (χ0v) is 11.9. The molecule has 0 aliphatic heterocycles. The minimum absolute atomic E-state index is 0. The number of benzene rings is 2. The van der Waals surface area contributed by atoms with Gasteiger partial charge in [0.15, 0.2) is 0 Å². The Morgan fingerprint density at radius 3 is 2.45 bits per heavy atom. The first-order valence-corrected chi connectivity index (χ1v) is 6.55. The maximum Gasteiger partial charge on any atom is 0.133 e. The van der Waals surface area contributed by atoms with Crippen LogP contribution < -0.4 is 5.32 Å². The lowest BCUT2D eigenvalue weighted by Crippen LogP contribution is -2.06. The molecule has 1 N–H and O–H groups in total. The highest BCUT2D eigenvalue weighted by atomic mass is 35.5. The van der Waals surface area contributed by atoms with E-state index in [9.17, 15) is 0 Å². The topological polar surface area (TPSA) is 24.9 Å². The van der Waals surface area contributed by atoms with E-state index in [-0.39, 0.29) is 12.4 Å². The molecule has 0 aliphatic carbocycles. The average molecular weight is 285 g/mol. The van der Waals surface area contributed by atoms with Crippen molar-refractivity contribution < 1.29 is 0 Å². The summed E-state index contributed by atoms with van der Waals surface area (Å²) in [5.74, 6) is 0.967. The van der Waals surface area contributed by atoms with Crippen LogP contribution in [0, 0.1) is 0 Å². The van der Waals surface area contributed by atoms with Gasteiger partial charge in [-0.15, -0.1) is 12.4 Å². The van der Waals surface area contributed by atoms with Crippen LogP contribution in [-0.4, -0.2) is 11.5 Å². The molecule has 0 aliphatic rings. The lowest BCUT2D eigenvalue weighted by Gasteiger charge is -2.08. The molecule has 0 saturated heterocycles. The van der Waals surface area contributed by atoms with Crippen molar-refractivity contribution in [2.45, 2.75) is 6.42 Å². The van der Waals surface area contributed by atoms with E-state index in [1.54, 1.807) is 0 Å². The number of hydrogen-bond acceptors (Lipinski definition) is 2. The molecule has 0 atom stereocenters. The fourth-order valence-corrected chi connectivity index (χ4v) is 2.23. The van der Waals surface area contributed by atoms with Crippen molar-refractivity contribution in [3.8, 4) is 0 Å². The van der Waals surface area contributed by atoms with Crippen molar-refractivity contribution >= 4 is 29.0 Å². The second-order valence-electron chi connectivity index (χ2n) is 4.54. The van der Waals surface area contributed by atoms with Gasteiger partial charge in [0.2, 0.25) is 0 Å². The summed E-state index contributed by atoms with van der Waals surface area (Å²) in [4.78, 5) is 4.43. The van der Waals surface area contributed by atoms with Gasteiger partial charge in [-0.1, -0.05) is 54.6 Å². The van der Waals surface area contributed by atoms with Crippen LogP contribution in [0.15, 0.2) is 66.9 Å². The molecule has 0 bridgehead atoms. The summed E-state index contributed by atoms with van der Waals surface area (Å²) in [5, 5.41) is 5.83. The Morgan fingerprint density at radius 1 is 0.850 bits per heavy atom. The van der Waals surface area contributed by atoms with E-state index in [1.165, 1.54) is 16.3 Å². The fourth-order valence-electron chi connectivity index (χ4n) is 2.23. The molecule has 2 nitrogen and oxygen atoms in total. The van der Waals surface area contributed by atoms with Crippen LogP contribution >= 0.6 is 12.4 Å². The predicted molar refractivity (Wildman–Crippen MR) is 87.6 cm³/mol. The molecule has 0 fully saturated rings. The molecule has 102 valence electrons. The van der Waals surface area contributed by atoms with E-state index in [1.807, 2.05) is 24.4 Å². The van der Waals surface area contributed by atoms with Gasteiger partial charge in [0.05, 0.1) is 0 Å². The van der Waals surface area contributed by atoms with Gasteiger partial charge in [-0.2, -0.15) is 0 Å². The third-order valence-corrected chi connectivity index (χ3v) is 3.22. The fraction of sp³-hybridized carbons (Fsp3) is 0.118. The normalized spacial score (nSPS) is 10.0. The first-order valence-electron chi connectivity index (χ1n) is 6.55. The molecule has 3 heteroatoms. The number of hydrogen-bond donors (Lipinski definition) is 1. The number of anilines is 1. The first-order chi connectivity index (χ1) is 9.43. The maximum absolute atomic E-state index is 4.43. The highest BCUT2D eigenvalue weighted by molar-refractivity contribution is 5.91. The Hall–Kier alpha value is -2.06. The van der Waals surface area contributed by atoms with E-state index in [2.05, 4.69) is 52.8 Å². The lowest BCUT2D eigenvalue weighted by atomic mass is 10.1. The monoisotopic (exact) mass is 284 g/mol. The average Bonchev–Trinajstić information content (AvgIpc) is 2.49. The Kier molecular flexibility index (Phi) is 4.97. The number of fused-ring (bicyclic) bond motifs is 1. The minimum atomic E-state index is 0. The van der Waals surface area contributed by atoms with Crippen molar-refractivity contribution in [2.24, 2.45) is 0 Å². The number of rotatable bonds is 4. The molecule has 0 unspecified atom stereocenters. The molecule has 3 rings (SSSR count). The van der Waals surface area contributed by atoms with Crippen LogP contribution in [0.4, 0.5) is 5.82 Å². The number of nitrogens with zero attached hydrogens (tertiary/aromatic N) is 1. The Balaban J connectivity index is 0.00000147. The van der Waals surface area contributed by atoms with Gasteiger partial charge >= 0.3 is 0 Å².